The quantitative estimate of drug-likeness (QED) is 0.279. The van der Waals surface area contributed by atoms with E-state index in [0.29, 0.717) is 29.0 Å². The molecule has 0 saturated carbocycles. The fraction of sp³-hybridized carbons (Fsp3) is 0.364. The maximum Gasteiger partial charge on any atom is 0.349 e. The molecule has 3 aromatic rings. The van der Waals surface area contributed by atoms with E-state index in [0.717, 1.165) is 36.1 Å². The van der Waals surface area contributed by atoms with E-state index in [4.69, 9.17) is 4.74 Å². The molecule has 1 aliphatic rings. The molecule has 0 radical (unpaired) electrons. The number of carbonyl (C=O) groups excluding carboxylic acids is 2. The Morgan fingerprint density at radius 3 is 2.85 bits per heavy atom. The predicted octanol–water partition coefficient (Wildman–Crippen LogP) is 2.47. The van der Waals surface area contributed by atoms with Crippen molar-refractivity contribution in [3.63, 3.8) is 0 Å². The summed E-state index contributed by atoms with van der Waals surface area (Å²) in [6.07, 6.45) is 6.10. The van der Waals surface area contributed by atoms with E-state index in [9.17, 15) is 14.4 Å². The molecule has 172 valence electrons. The number of nitrogens with one attached hydrogen (secondary N) is 1. The second kappa shape index (κ2) is 10.7. The summed E-state index contributed by atoms with van der Waals surface area (Å²) in [5.41, 5.74) is 3.29. The van der Waals surface area contributed by atoms with Crippen LogP contribution in [-0.4, -0.2) is 43.8 Å². The molecule has 0 bridgehead atoms. The Bertz CT molecular complexity index is 1210. The Morgan fingerprint density at radius 2 is 2.06 bits per heavy atom. The Balaban J connectivity index is 1.40. The van der Waals surface area contributed by atoms with Crippen LogP contribution in [0.25, 0.3) is 0 Å². The van der Waals surface area contributed by atoms with Crippen molar-refractivity contribution in [3.8, 4) is 0 Å². The molecule has 9 nitrogen and oxygen atoms in total. The van der Waals surface area contributed by atoms with Gasteiger partial charge in [-0.1, -0.05) is 11.8 Å². The number of rotatable bonds is 9. The van der Waals surface area contributed by atoms with E-state index in [1.165, 1.54) is 23.1 Å². The second-order valence-corrected chi connectivity index (χ2v) is 9.20. The summed E-state index contributed by atoms with van der Waals surface area (Å²) >= 11 is 2.51. The van der Waals surface area contributed by atoms with E-state index >= 15 is 0 Å². The largest absolute Gasteiger partial charge is 0.466 e. The molecule has 1 N–H and O–H groups in total. The molecule has 3 aromatic heterocycles. The highest BCUT2D eigenvalue weighted by atomic mass is 32.2. The summed E-state index contributed by atoms with van der Waals surface area (Å²) < 4.78 is 6.63. The summed E-state index contributed by atoms with van der Waals surface area (Å²) in [6, 6.07) is 3.77. The van der Waals surface area contributed by atoms with Crippen molar-refractivity contribution < 1.29 is 14.3 Å². The van der Waals surface area contributed by atoms with Gasteiger partial charge < -0.3 is 10.1 Å². The highest BCUT2D eigenvalue weighted by molar-refractivity contribution is 8.00. The molecule has 11 heteroatoms. The van der Waals surface area contributed by atoms with E-state index in [2.05, 4.69) is 20.3 Å². The second-order valence-electron chi connectivity index (χ2n) is 7.38. The maximum atomic E-state index is 12.8. The molecule has 0 fully saturated rings. The lowest BCUT2D eigenvalue weighted by molar-refractivity contribution is -0.142. The predicted molar refractivity (Wildman–Crippen MR) is 126 cm³/mol. The lowest BCUT2D eigenvalue weighted by atomic mass is 10.2. The molecular formula is C22H23N5O4S2. The molecule has 33 heavy (non-hydrogen) atoms. The van der Waals surface area contributed by atoms with E-state index in [1.54, 1.807) is 29.3 Å². The number of amides is 1. The normalized spacial score (nSPS) is 12.4. The number of thioether (sulfide) groups is 1. The van der Waals surface area contributed by atoms with Crippen LogP contribution in [0.2, 0.25) is 0 Å². The zero-order chi connectivity index (χ0) is 23.2. The SMILES string of the molecule is CCOC(=O)Cc1csc(NC(=O)CSc2nc(=O)n(Cc3ccncc3)c3c2CCC3)n1. The topological polar surface area (TPSA) is 116 Å². The Kier molecular flexibility index (Phi) is 7.50. The average molecular weight is 486 g/mol. The van der Waals surface area contributed by atoms with Gasteiger partial charge in [-0.2, -0.15) is 4.98 Å². The molecule has 0 atom stereocenters. The third kappa shape index (κ3) is 5.85. The Labute approximate surface area is 198 Å². The van der Waals surface area contributed by atoms with Gasteiger partial charge in [0.05, 0.1) is 31.0 Å². The number of nitrogens with zero attached hydrogens (tertiary/aromatic N) is 4. The number of anilines is 1. The number of hydrogen-bond donors (Lipinski definition) is 1. The van der Waals surface area contributed by atoms with Gasteiger partial charge in [-0.05, 0) is 43.9 Å². The van der Waals surface area contributed by atoms with Crippen LogP contribution in [0.15, 0.2) is 39.7 Å². The summed E-state index contributed by atoms with van der Waals surface area (Å²) in [5, 5.41) is 5.50. The van der Waals surface area contributed by atoms with Gasteiger partial charge in [-0.25, -0.2) is 9.78 Å². The summed E-state index contributed by atoms with van der Waals surface area (Å²) in [6.45, 7) is 2.52. The monoisotopic (exact) mass is 485 g/mol. The lowest BCUT2D eigenvalue weighted by Crippen LogP contribution is -2.28. The van der Waals surface area contributed by atoms with Crippen molar-refractivity contribution in [1.29, 1.82) is 0 Å². The molecule has 0 aliphatic heterocycles. The minimum atomic E-state index is -0.352. The van der Waals surface area contributed by atoms with Crippen LogP contribution in [0.5, 0.6) is 0 Å². The van der Waals surface area contributed by atoms with Crippen molar-refractivity contribution in [2.45, 2.75) is 44.2 Å². The first-order valence-electron chi connectivity index (χ1n) is 10.6. The third-order valence-corrected chi connectivity index (χ3v) is 6.88. The van der Waals surface area contributed by atoms with Gasteiger partial charge >= 0.3 is 11.7 Å². The highest BCUT2D eigenvalue weighted by Gasteiger charge is 2.23. The number of esters is 1. The summed E-state index contributed by atoms with van der Waals surface area (Å²) in [7, 11) is 0. The zero-order valence-corrected chi connectivity index (χ0v) is 19.7. The molecule has 0 saturated heterocycles. The van der Waals surface area contributed by atoms with Gasteiger partial charge in [0.1, 0.15) is 5.03 Å². The minimum Gasteiger partial charge on any atom is -0.466 e. The number of hydrogen-bond acceptors (Lipinski definition) is 9. The molecule has 0 aromatic carbocycles. The van der Waals surface area contributed by atoms with Crippen LogP contribution >= 0.6 is 23.1 Å². The molecule has 1 aliphatic carbocycles. The molecule has 4 rings (SSSR count). The number of pyridine rings is 1. The molecule has 0 spiro atoms. The van der Waals surface area contributed by atoms with E-state index < -0.39 is 0 Å². The number of fused-ring (bicyclic) bond motifs is 1. The minimum absolute atomic E-state index is 0.0702. The summed E-state index contributed by atoms with van der Waals surface area (Å²) in [4.78, 5) is 49.3. The smallest absolute Gasteiger partial charge is 0.349 e. The van der Waals surface area contributed by atoms with Gasteiger partial charge in [0.25, 0.3) is 0 Å². The molecular weight excluding hydrogens is 462 g/mol. The number of thiazole rings is 1. The van der Waals surface area contributed by atoms with E-state index in [1.807, 2.05) is 12.1 Å². The van der Waals surface area contributed by atoms with Crippen molar-refractivity contribution in [1.82, 2.24) is 19.5 Å². The summed E-state index contributed by atoms with van der Waals surface area (Å²) in [5.74, 6) is -0.485. The van der Waals surface area contributed by atoms with Crippen molar-refractivity contribution in [2.75, 3.05) is 17.7 Å². The Morgan fingerprint density at radius 1 is 1.24 bits per heavy atom. The van der Waals surface area contributed by atoms with Gasteiger partial charge in [-0.15, -0.1) is 11.3 Å². The van der Waals surface area contributed by atoms with E-state index in [-0.39, 0.29) is 29.7 Å². The first-order valence-corrected chi connectivity index (χ1v) is 12.4. The van der Waals surface area contributed by atoms with Crippen molar-refractivity contribution >= 4 is 40.1 Å². The van der Waals surface area contributed by atoms with Crippen LogP contribution in [0.4, 0.5) is 5.13 Å². The van der Waals surface area contributed by atoms with Crippen LogP contribution in [0, 0.1) is 0 Å². The lowest BCUT2D eigenvalue weighted by Gasteiger charge is -2.14. The molecule has 0 unspecified atom stereocenters. The standard InChI is InChI=1S/C22H23N5O4S2/c1-2-31-19(29)10-15-12-33-21(24-15)25-18(28)13-32-20-16-4-3-5-17(16)27(22(30)26-20)11-14-6-8-23-9-7-14/h6-9,12H,2-5,10-11,13H2,1H3,(H,24,25,28). The zero-order valence-electron chi connectivity index (χ0n) is 18.1. The number of aromatic nitrogens is 4. The molecule has 3 heterocycles. The number of ether oxygens (including phenoxy) is 1. The fourth-order valence-electron chi connectivity index (χ4n) is 3.63. The van der Waals surface area contributed by atoms with Crippen LogP contribution in [0.1, 0.15) is 35.9 Å². The van der Waals surface area contributed by atoms with Gasteiger partial charge in [0.2, 0.25) is 5.91 Å². The number of carbonyl (C=O) groups is 2. The Hall–Kier alpha value is -3.05. The van der Waals surface area contributed by atoms with Crippen LogP contribution < -0.4 is 11.0 Å². The van der Waals surface area contributed by atoms with Gasteiger partial charge in [0.15, 0.2) is 5.13 Å². The third-order valence-electron chi connectivity index (χ3n) is 5.06. The maximum absolute atomic E-state index is 12.8. The van der Waals surface area contributed by atoms with Crippen LogP contribution in [0.3, 0.4) is 0 Å². The van der Waals surface area contributed by atoms with Crippen molar-refractivity contribution in [3.05, 3.63) is 62.9 Å². The van der Waals surface area contributed by atoms with Gasteiger partial charge in [0, 0.05) is 29.0 Å². The van der Waals surface area contributed by atoms with Crippen LogP contribution in [-0.2, 0) is 40.1 Å². The fourth-order valence-corrected chi connectivity index (χ4v) is 5.24. The van der Waals surface area contributed by atoms with Crippen molar-refractivity contribution in [2.24, 2.45) is 0 Å². The molecule has 1 amide bonds. The average Bonchev–Trinajstić information content (AvgIpc) is 3.45. The first-order chi connectivity index (χ1) is 16.0. The first kappa shape index (κ1) is 23.1. The highest BCUT2D eigenvalue weighted by Crippen LogP contribution is 2.29. The van der Waals surface area contributed by atoms with Gasteiger partial charge in [-0.3, -0.25) is 19.1 Å².